The number of rotatable bonds is 9. The molecule has 2 N–H and O–H groups in total. The largest absolute Gasteiger partial charge is 0.463 e. The van der Waals surface area contributed by atoms with Crippen LogP contribution in [0.5, 0.6) is 6.01 Å². The first kappa shape index (κ1) is 26.1. The standard InChI is InChI=1S/C29H32N4O4S/c1-2-24-18-25-26(30-29(31-27(25)38-24)37-17-12-23(35)19-34)32-13-15-33(16-14-32)28(36)22-10-8-21(9-11-22)20-6-4-3-5-7-20/h3-11,18,23,34-35H,2,12-17,19H2,1H3/t23-/m1/s1. The fourth-order valence-electron chi connectivity index (χ4n) is 4.53. The minimum absolute atomic E-state index is 0.0346. The van der Waals surface area contributed by atoms with Gasteiger partial charge in [-0.3, -0.25) is 4.79 Å². The Balaban J connectivity index is 1.28. The Morgan fingerprint density at radius 2 is 1.74 bits per heavy atom. The summed E-state index contributed by atoms with van der Waals surface area (Å²) >= 11 is 1.62. The van der Waals surface area contributed by atoms with Gasteiger partial charge >= 0.3 is 6.01 Å². The topological polar surface area (TPSA) is 99.0 Å². The summed E-state index contributed by atoms with van der Waals surface area (Å²) in [5.41, 5.74) is 2.91. The Kier molecular flexibility index (Phi) is 8.17. The van der Waals surface area contributed by atoms with E-state index in [-0.39, 0.29) is 25.1 Å². The van der Waals surface area contributed by atoms with Crippen molar-refractivity contribution in [2.45, 2.75) is 25.9 Å². The Labute approximate surface area is 226 Å². The minimum atomic E-state index is -0.827. The van der Waals surface area contributed by atoms with Crippen LogP contribution in [0.2, 0.25) is 0 Å². The molecule has 1 aliphatic heterocycles. The molecule has 1 aliphatic rings. The maximum atomic E-state index is 13.2. The lowest BCUT2D eigenvalue weighted by atomic mass is 10.0. The number of hydrogen-bond acceptors (Lipinski definition) is 8. The van der Waals surface area contributed by atoms with Crippen molar-refractivity contribution in [3.63, 3.8) is 0 Å². The SMILES string of the molecule is CCc1cc2c(N3CCN(C(=O)c4ccc(-c5ccccc5)cc4)CC3)nc(OCC[C@@H](O)CO)nc2s1. The molecule has 1 amide bonds. The number of aryl methyl sites for hydroxylation is 1. The molecule has 0 unspecified atom stereocenters. The number of nitrogens with zero attached hydrogens (tertiary/aromatic N) is 4. The number of amides is 1. The number of aliphatic hydroxyl groups excluding tert-OH is 2. The first-order valence-electron chi connectivity index (χ1n) is 13.0. The van der Waals surface area contributed by atoms with Crippen molar-refractivity contribution in [3.05, 3.63) is 71.1 Å². The van der Waals surface area contributed by atoms with Gasteiger partial charge in [0.15, 0.2) is 0 Å². The molecule has 8 nitrogen and oxygen atoms in total. The molecule has 198 valence electrons. The zero-order valence-corrected chi connectivity index (χ0v) is 22.2. The van der Waals surface area contributed by atoms with Crippen molar-refractivity contribution in [3.8, 4) is 17.1 Å². The lowest BCUT2D eigenvalue weighted by molar-refractivity contribution is 0.0737. The summed E-state index contributed by atoms with van der Waals surface area (Å²) < 4.78 is 5.74. The molecule has 3 heterocycles. The first-order chi connectivity index (χ1) is 18.6. The average Bonchev–Trinajstić information content (AvgIpc) is 3.40. The summed E-state index contributed by atoms with van der Waals surface area (Å²) in [6.07, 6.45) is 0.377. The van der Waals surface area contributed by atoms with Gasteiger partial charge in [-0.25, -0.2) is 0 Å². The molecule has 38 heavy (non-hydrogen) atoms. The van der Waals surface area contributed by atoms with Crippen molar-refractivity contribution >= 4 is 33.3 Å². The quantitative estimate of drug-likeness (QED) is 0.336. The monoisotopic (exact) mass is 532 g/mol. The normalized spacial score (nSPS) is 14.6. The number of carbonyl (C=O) groups excluding carboxylic acids is 1. The summed E-state index contributed by atoms with van der Waals surface area (Å²) in [6.45, 7) is 4.51. The number of benzene rings is 2. The number of anilines is 1. The number of fused-ring (bicyclic) bond motifs is 1. The second-order valence-corrected chi connectivity index (χ2v) is 10.4. The van der Waals surface area contributed by atoms with E-state index in [4.69, 9.17) is 14.8 Å². The molecular weight excluding hydrogens is 500 g/mol. The van der Waals surface area contributed by atoms with Crippen molar-refractivity contribution in [1.29, 1.82) is 0 Å². The number of piperazine rings is 1. The summed E-state index contributed by atoms with van der Waals surface area (Å²) in [7, 11) is 0. The van der Waals surface area contributed by atoms with E-state index in [0.29, 0.717) is 38.2 Å². The van der Waals surface area contributed by atoms with Crippen LogP contribution in [0.3, 0.4) is 0 Å². The van der Waals surface area contributed by atoms with Crippen LogP contribution >= 0.6 is 11.3 Å². The molecule has 0 bridgehead atoms. The fraction of sp³-hybridized carbons (Fsp3) is 0.345. The third kappa shape index (κ3) is 5.80. The van der Waals surface area contributed by atoms with E-state index in [1.165, 1.54) is 4.88 Å². The molecule has 2 aromatic heterocycles. The zero-order valence-electron chi connectivity index (χ0n) is 21.4. The number of hydrogen-bond donors (Lipinski definition) is 2. The van der Waals surface area contributed by atoms with Gasteiger partial charge in [0.05, 0.1) is 24.7 Å². The first-order valence-corrected chi connectivity index (χ1v) is 13.8. The Morgan fingerprint density at radius 3 is 2.42 bits per heavy atom. The van der Waals surface area contributed by atoms with Crippen LogP contribution in [-0.4, -0.2) is 76.5 Å². The lowest BCUT2D eigenvalue weighted by Gasteiger charge is -2.35. The second kappa shape index (κ2) is 11.9. The van der Waals surface area contributed by atoms with Gasteiger partial charge in [-0.05, 0) is 35.7 Å². The van der Waals surface area contributed by atoms with Crippen molar-refractivity contribution in [1.82, 2.24) is 14.9 Å². The van der Waals surface area contributed by atoms with Gasteiger partial charge in [-0.1, -0.05) is 49.4 Å². The Bertz CT molecular complexity index is 1370. The van der Waals surface area contributed by atoms with E-state index in [9.17, 15) is 9.90 Å². The van der Waals surface area contributed by atoms with Gasteiger partial charge < -0.3 is 24.7 Å². The molecule has 0 aliphatic carbocycles. The molecule has 1 fully saturated rings. The van der Waals surface area contributed by atoms with E-state index in [0.717, 1.165) is 33.6 Å². The Hall–Kier alpha value is -3.53. The van der Waals surface area contributed by atoms with Crippen molar-refractivity contribution in [2.75, 3.05) is 44.3 Å². The molecular formula is C29H32N4O4S. The summed E-state index contributed by atoms with van der Waals surface area (Å²) in [5.74, 6) is 0.843. The summed E-state index contributed by atoms with van der Waals surface area (Å²) in [6, 6.07) is 20.3. The van der Waals surface area contributed by atoms with Gasteiger partial charge in [0.2, 0.25) is 0 Å². The van der Waals surface area contributed by atoms with Crippen LogP contribution in [0.1, 0.15) is 28.6 Å². The highest BCUT2D eigenvalue weighted by Gasteiger charge is 2.25. The molecule has 0 spiro atoms. The van der Waals surface area contributed by atoms with Gasteiger partial charge in [0.25, 0.3) is 5.91 Å². The van der Waals surface area contributed by atoms with E-state index >= 15 is 0 Å². The van der Waals surface area contributed by atoms with E-state index < -0.39 is 6.10 Å². The molecule has 4 aromatic rings. The van der Waals surface area contributed by atoms with E-state index in [1.54, 1.807) is 11.3 Å². The van der Waals surface area contributed by atoms with Crippen LogP contribution in [0.15, 0.2) is 60.7 Å². The Morgan fingerprint density at radius 1 is 1.03 bits per heavy atom. The maximum Gasteiger partial charge on any atom is 0.319 e. The number of ether oxygens (including phenoxy) is 1. The second-order valence-electron chi connectivity index (χ2n) is 9.31. The number of aliphatic hydroxyl groups is 2. The molecule has 2 aromatic carbocycles. The van der Waals surface area contributed by atoms with Crippen LogP contribution in [0.25, 0.3) is 21.3 Å². The van der Waals surface area contributed by atoms with Crippen LogP contribution in [0.4, 0.5) is 5.82 Å². The molecule has 1 saturated heterocycles. The number of carbonyl (C=O) groups is 1. The molecule has 9 heteroatoms. The highest BCUT2D eigenvalue weighted by molar-refractivity contribution is 7.18. The third-order valence-electron chi connectivity index (χ3n) is 6.75. The highest BCUT2D eigenvalue weighted by Crippen LogP contribution is 2.33. The van der Waals surface area contributed by atoms with E-state index in [2.05, 4.69) is 35.0 Å². The zero-order chi connectivity index (χ0) is 26.5. The van der Waals surface area contributed by atoms with Gasteiger partial charge in [-0.15, -0.1) is 11.3 Å². The van der Waals surface area contributed by atoms with Crippen LogP contribution in [0, 0.1) is 0 Å². The highest BCUT2D eigenvalue weighted by atomic mass is 32.1. The lowest BCUT2D eigenvalue weighted by Crippen LogP contribution is -2.49. The molecule has 1 atom stereocenters. The third-order valence-corrected chi connectivity index (χ3v) is 7.92. The van der Waals surface area contributed by atoms with Crippen molar-refractivity contribution in [2.24, 2.45) is 0 Å². The minimum Gasteiger partial charge on any atom is -0.463 e. The predicted molar refractivity (Wildman–Crippen MR) is 150 cm³/mol. The molecule has 0 saturated carbocycles. The summed E-state index contributed by atoms with van der Waals surface area (Å²) in [4.78, 5) is 28.7. The van der Waals surface area contributed by atoms with Crippen molar-refractivity contribution < 1.29 is 19.7 Å². The predicted octanol–water partition coefficient (Wildman–Crippen LogP) is 4.01. The fourth-order valence-corrected chi connectivity index (χ4v) is 5.49. The van der Waals surface area contributed by atoms with Crippen LogP contribution < -0.4 is 9.64 Å². The molecule has 5 rings (SSSR count). The van der Waals surface area contributed by atoms with E-state index in [1.807, 2.05) is 47.4 Å². The average molecular weight is 533 g/mol. The van der Waals surface area contributed by atoms with Crippen LogP contribution in [-0.2, 0) is 6.42 Å². The molecule has 0 radical (unpaired) electrons. The van der Waals surface area contributed by atoms with Gasteiger partial charge in [0.1, 0.15) is 10.6 Å². The number of thiophene rings is 1. The number of aromatic nitrogens is 2. The summed E-state index contributed by atoms with van der Waals surface area (Å²) in [5, 5.41) is 19.6. The van der Waals surface area contributed by atoms with Gasteiger partial charge in [0, 0.05) is 43.0 Å². The maximum absolute atomic E-state index is 13.2. The van der Waals surface area contributed by atoms with Gasteiger partial charge in [-0.2, -0.15) is 9.97 Å². The smallest absolute Gasteiger partial charge is 0.319 e.